The predicted octanol–water partition coefficient (Wildman–Crippen LogP) is 7.76. The second kappa shape index (κ2) is 24.7. The van der Waals surface area contributed by atoms with E-state index in [0.29, 0.717) is 23.6 Å². The summed E-state index contributed by atoms with van der Waals surface area (Å²) in [6.07, 6.45) is 16.5. The second-order valence-electron chi connectivity index (χ2n) is 15.0. The lowest BCUT2D eigenvalue weighted by atomic mass is 9.92. The summed E-state index contributed by atoms with van der Waals surface area (Å²) in [7, 11) is -3.16. The van der Waals surface area contributed by atoms with E-state index in [1.165, 1.54) is 100 Å². The Kier molecular flexibility index (Phi) is 20.2. The third-order valence-corrected chi connectivity index (χ3v) is 11.4. The molecule has 0 spiro atoms. The fourth-order valence-electron chi connectivity index (χ4n) is 7.10. The quantitative estimate of drug-likeness (QED) is 0.0376. The van der Waals surface area contributed by atoms with Crippen molar-refractivity contribution in [2.75, 3.05) is 39.3 Å². The SMILES string of the molecule is CCCCCCCCCCCCCCCCCCOC[C@H](COP(=O)(O)OC[C@H]1O[C@@](C#N)(c2ccc3c(N)ccnn23)[C@H](O)[C@@H]1O)OCc1cccc(OC)c1. The van der Waals surface area contributed by atoms with Gasteiger partial charge in [0.15, 0.2) is 0 Å². The van der Waals surface area contributed by atoms with E-state index in [1.54, 1.807) is 19.2 Å². The van der Waals surface area contributed by atoms with Crippen LogP contribution in [0.5, 0.6) is 5.75 Å². The average Bonchev–Trinajstić information content (AvgIpc) is 3.76. The van der Waals surface area contributed by atoms with E-state index in [-0.39, 0.29) is 25.5 Å². The molecule has 6 atom stereocenters. The summed E-state index contributed by atoms with van der Waals surface area (Å²) in [5, 5.41) is 36.2. The molecule has 1 aliphatic heterocycles. The number of nitrogen functional groups attached to an aromatic ring is 1. The summed E-state index contributed by atoms with van der Waals surface area (Å²) < 4.78 is 48.0. The number of phosphoric ester groups is 1. The zero-order chi connectivity index (χ0) is 40.9. The lowest BCUT2D eigenvalue weighted by Gasteiger charge is -2.24. The minimum atomic E-state index is -4.73. The second-order valence-corrected chi connectivity index (χ2v) is 16.4. The highest BCUT2D eigenvalue weighted by Gasteiger charge is 2.58. The van der Waals surface area contributed by atoms with Crippen molar-refractivity contribution < 1.29 is 47.7 Å². The molecule has 2 aromatic heterocycles. The maximum absolute atomic E-state index is 13.0. The molecule has 1 aromatic carbocycles. The van der Waals surface area contributed by atoms with Crippen molar-refractivity contribution in [1.29, 1.82) is 5.26 Å². The van der Waals surface area contributed by atoms with Gasteiger partial charge in [-0.1, -0.05) is 115 Å². The van der Waals surface area contributed by atoms with Gasteiger partial charge in [0, 0.05) is 12.8 Å². The smallest absolute Gasteiger partial charge is 0.472 e. The van der Waals surface area contributed by atoms with Crippen molar-refractivity contribution >= 4 is 19.0 Å². The van der Waals surface area contributed by atoms with E-state index in [9.17, 15) is 24.9 Å². The van der Waals surface area contributed by atoms with Gasteiger partial charge < -0.3 is 39.8 Å². The van der Waals surface area contributed by atoms with Gasteiger partial charge in [0.2, 0.25) is 5.60 Å². The predicted molar refractivity (Wildman–Crippen MR) is 217 cm³/mol. The summed E-state index contributed by atoms with van der Waals surface area (Å²) >= 11 is 0. The van der Waals surface area contributed by atoms with E-state index in [0.717, 1.165) is 24.8 Å². The number of benzene rings is 1. The first-order valence-corrected chi connectivity index (χ1v) is 22.3. The van der Waals surface area contributed by atoms with Gasteiger partial charge in [-0.2, -0.15) is 10.4 Å². The van der Waals surface area contributed by atoms with Gasteiger partial charge in [-0.15, -0.1) is 0 Å². The Morgan fingerprint density at radius 2 is 1.58 bits per heavy atom. The molecule has 0 radical (unpaired) electrons. The highest BCUT2D eigenvalue weighted by atomic mass is 31.2. The standard InChI is InChI=1S/C42H65N4O10P/c1-3-4-5-6-7-8-9-10-11-12-13-14-15-16-17-18-26-52-29-35(53-28-33-20-19-21-34(27-33)51-2)30-54-57(49,50)55-31-38-40(47)41(48)42(32-43,56-38)39-23-22-37-36(44)24-25-45-46(37)39/h19-25,27,35,38,40-41,47-48H,3-18,26,28-31,44H2,1-2H3,(H,49,50)/t35-,38-,40-,41-,42+/m1/s1. The van der Waals surface area contributed by atoms with Crippen molar-refractivity contribution in [3.63, 3.8) is 0 Å². The van der Waals surface area contributed by atoms with E-state index < -0.39 is 44.4 Å². The zero-order valence-electron chi connectivity index (χ0n) is 33.8. The summed E-state index contributed by atoms with van der Waals surface area (Å²) in [5.74, 6) is 0.671. The molecule has 1 aliphatic rings. The Hall–Kier alpha value is -3.09. The lowest BCUT2D eigenvalue weighted by Crippen LogP contribution is -2.41. The third kappa shape index (κ3) is 14.6. The molecule has 3 aromatic rings. The average molecular weight is 817 g/mol. The number of anilines is 1. The highest BCUT2D eigenvalue weighted by Crippen LogP contribution is 2.46. The maximum atomic E-state index is 13.0. The molecule has 0 bridgehead atoms. The lowest BCUT2D eigenvalue weighted by molar-refractivity contribution is -0.0690. The van der Waals surface area contributed by atoms with Crippen LogP contribution >= 0.6 is 7.82 Å². The van der Waals surface area contributed by atoms with Crippen LogP contribution in [0.15, 0.2) is 48.7 Å². The van der Waals surface area contributed by atoms with Crippen LogP contribution in [0.2, 0.25) is 0 Å². The molecule has 1 unspecified atom stereocenters. The Morgan fingerprint density at radius 3 is 2.21 bits per heavy atom. The van der Waals surface area contributed by atoms with Gasteiger partial charge >= 0.3 is 7.82 Å². The van der Waals surface area contributed by atoms with Crippen LogP contribution in [0.3, 0.4) is 0 Å². The molecule has 57 heavy (non-hydrogen) atoms. The number of hydrogen-bond donors (Lipinski definition) is 4. The number of unbranched alkanes of at least 4 members (excludes halogenated alkanes) is 15. The van der Waals surface area contributed by atoms with Crippen LogP contribution in [0, 0.1) is 11.3 Å². The molecule has 1 fully saturated rings. The van der Waals surface area contributed by atoms with Gasteiger partial charge in [0.1, 0.15) is 36.2 Å². The largest absolute Gasteiger partial charge is 0.497 e. The first kappa shape index (κ1) is 46.6. The van der Waals surface area contributed by atoms with Crippen molar-refractivity contribution in [2.24, 2.45) is 0 Å². The van der Waals surface area contributed by atoms with Gasteiger partial charge in [0.25, 0.3) is 0 Å². The summed E-state index contributed by atoms with van der Waals surface area (Å²) in [4.78, 5) is 10.6. The third-order valence-electron chi connectivity index (χ3n) is 10.5. The summed E-state index contributed by atoms with van der Waals surface area (Å²) in [6, 6.07) is 14.0. The first-order valence-electron chi connectivity index (χ1n) is 20.8. The molecule has 15 heteroatoms. The molecular weight excluding hydrogens is 751 g/mol. The van der Waals surface area contributed by atoms with Gasteiger partial charge in [-0.25, -0.2) is 9.08 Å². The number of phosphoric acid groups is 1. The molecule has 5 N–H and O–H groups in total. The maximum Gasteiger partial charge on any atom is 0.472 e. The van der Waals surface area contributed by atoms with Crippen LogP contribution < -0.4 is 10.5 Å². The number of methoxy groups -OCH3 is 1. The van der Waals surface area contributed by atoms with Crippen LogP contribution in [0.1, 0.15) is 121 Å². The van der Waals surface area contributed by atoms with Gasteiger partial charge in [0.05, 0.1) is 50.4 Å². The monoisotopic (exact) mass is 816 g/mol. The number of rotatable bonds is 30. The molecule has 1 saturated heterocycles. The number of nitrogens with zero attached hydrogens (tertiary/aromatic N) is 3. The molecule has 0 amide bonds. The summed E-state index contributed by atoms with van der Waals surface area (Å²) in [6.45, 7) is 2.07. The summed E-state index contributed by atoms with van der Waals surface area (Å²) in [5.41, 5.74) is 5.77. The Labute approximate surface area is 338 Å². The van der Waals surface area contributed by atoms with Crippen molar-refractivity contribution in [1.82, 2.24) is 9.61 Å². The number of hydrogen-bond acceptors (Lipinski definition) is 12. The number of fused-ring (bicyclic) bond motifs is 1. The van der Waals surface area contributed by atoms with E-state index in [4.69, 9.17) is 33.7 Å². The molecule has 4 rings (SSSR count). The van der Waals surface area contributed by atoms with Crippen LogP contribution in [-0.4, -0.2) is 82.7 Å². The normalized spacial score (nSPS) is 21.1. The zero-order valence-corrected chi connectivity index (χ0v) is 34.7. The number of aromatic nitrogens is 2. The Bertz CT molecular complexity index is 1690. The minimum Gasteiger partial charge on any atom is -0.497 e. The van der Waals surface area contributed by atoms with Gasteiger partial charge in [-0.05, 0) is 42.3 Å². The molecule has 3 heterocycles. The van der Waals surface area contributed by atoms with E-state index in [1.807, 2.05) is 30.3 Å². The number of aliphatic hydroxyl groups is 2. The van der Waals surface area contributed by atoms with Crippen molar-refractivity contribution in [3.8, 4) is 11.8 Å². The number of nitriles is 1. The first-order chi connectivity index (χ1) is 27.6. The highest BCUT2D eigenvalue weighted by molar-refractivity contribution is 7.47. The van der Waals surface area contributed by atoms with E-state index in [2.05, 4.69) is 12.0 Å². The van der Waals surface area contributed by atoms with Crippen LogP contribution in [0.25, 0.3) is 5.52 Å². The van der Waals surface area contributed by atoms with Crippen LogP contribution in [0.4, 0.5) is 5.69 Å². The number of aliphatic hydroxyl groups excluding tert-OH is 2. The topological polar surface area (TPSA) is 200 Å². The molecule has 14 nitrogen and oxygen atoms in total. The minimum absolute atomic E-state index is 0.119. The van der Waals surface area contributed by atoms with Crippen molar-refractivity contribution in [3.05, 3.63) is 59.9 Å². The molecule has 318 valence electrons. The van der Waals surface area contributed by atoms with E-state index >= 15 is 0 Å². The fraction of sp³-hybridized carbons (Fsp3) is 0.667. The fourth-order valence-corrected chi connectivity index (χ4v) is 7.87. The Morgan fingerprint density at radius 1 is 0.930 bits per heavy atom. The molecule has 0 aliphatic carbocycles. The van der Waals surface area contributed by atoms with Gasteiger partial charge in [-0.3, -0.25) is 9.05 Å². The van der Waals surface area contributed by atoms with Crippen LogP contribution in [-0.2, 0) is 40.0 Å². The van der Waals surface area contributed by atoms with Crippen molar-refractivity contribution in [2.45, 2.75) is 146 Å². The molecule has 0 saturated carbocycles. The molecular formula is C42H65N4O10P. The Balaban J connectivity index is 1.18. The number of nitrogens with two attached hydrogens (primary N) is 1. The number of ether oxygens (including phenoxy) is 4.